The minimum Gasteiger partial charge on any atom is -0.341 e. The molecule has 1 N–H and O–H groups in total. The number of nitrogens with one attached hydrogen (secondary N) is 1. The van der Waals surface area contributed by atoms with Gasteiger partial charge in [-0.1, -0.05) is 18.0 Å². The van der Waals surface area contributed by atoms with Gasteiger partial charge in [0.1, 0.15) is 5.82 Å². The van der Waals surface area contributed by atoms with E-state index >= 15 is 0 Å². The Hall–Kier alpha value is -3.00. The van der Waals surface area contributed by atoms with Gasteiger partial charge in [0, 0.05) is 37.9 Å². The second-order valence-electron chi connectivity index (χ2n) is 8.38. The first-order valence-electron chi connectivity index (χ1n) is 11.3. The zero-order chi connectivity index (χ0) is 23.2. The molecule has 1 fully saturated rings. The number of aromatic amines is 1. The number of H-pyrrole nitrogens is 1. The lowest BCUT2D eigenvalue weighted by molar-refractivity contribution is 0.0787. The van der Waals surface area contributed by atoms with Crippen molar-refractivity contribution in [1.29, 1.82) is 0 Å². The van der Waals surface area contributed by atoms with Crippen LogP contribution in [0.4, 0.5) is 10.3 Å². The fourth-order valence-corrected chi connectivity index (χ4v) is 4.13. The van der Waals surface area contributed by atoms with Crippen molar-refractivity contribution in [2.75, 3.05) is 31.6 Å². The van der Waals surface area contributed by atoms with Crippen LogP contribution in [0.1, 0.15) is 48.3 Å². The van der Waals surface area contributed by atoms with Gasteiger partial charge in [0.15, 0.2) is 5.69 Å². The topological polar surface area (TPSA) is 78.0 Å². The maximum Gasteiger partial charge on any atom is 0.273 e. The highest BCUT2D eigenvalue weighted by molar-refractivity contribution is 6.33. The van der Waals surface area contributed by atoms with Crippen LogP contribution in [0.3, 0.4) is 0 Å². The third-order valence-electron chi connectivity index (χ3n) is 5.88. The third-order valence-corrected chi connectivity index (χ3v) is 6.16. The second-order valence-corrected chi connectivity index (χ2v) is 8.79. The van der Waals surface area contributed by atoms with E-state index in [9.17, 15) is 9.18 Å². The van der Waals surface area contributed by atoms with Crippen LogP contribution in [0.25, 0.3) is 11.3 Å². The summed E-state index contributed by atoms with van der Waals surface area (Å²) in [6.07, 6.45) is 7.43. The van der Waals surface area contributed by atoms with Crippen molar-refractivity contribution >= 4 is 23.5 Å². The van der Waals surface area contributed by atoms with Crippen molar-refractivity contribution in [3.63, 3.8) is 0 Å². The molecule has 0 aliphatic carbocycles. The van der Waals surface area contributed by atoms with E-state index in [0.29, 0.717) is 12.5 Å². The third kappa shape index (κ3) is 5.87. The van der Waals surface area contributed by atoms with Gasteiger partial charge < -0.3 is 9.80 Å². The van der Waals surface area contributed by atoms with Crippen LogP contribution in [-0.2, 0) is 6.42 Å². The molecule has 1 saturated heterocycles. The quantitative estimate of drug-likeness (QED) is 0.457. The standard InChI is InChI=1S/C24H28ClFN6O/c1-31(23(33)22-20(25)16-27-24(28-22)32-13-5-6-14-32)12-4-2-3-7-19-15-21(30-29-19)17-8-10-18(26)11-9-17/h8-11,15-16H,2-7,12-14H2,1H3,(H,29,30). The Balaban J connectivity index is 1.23. The summed E-state index contributed by atoms with van der Waals surface area (Å²) in [6, 6.07) is 8.31. The van der Waals surface area contributed by atoms with Crippen molar-refractivity contribution in [1.82, 2.24) is 25.1 Å². The highest BCUT2D eigenvalue weighted by Gasteiger charge is 2.21. The zero-order valence-electron chi connectivity index (χ0n) is 18.7. The molecule has 7 nitrogen and oxygen atoms in total. The van der Waals surface area contributed by atoms with Crippen LogP contribution in [0.2, 0.25) is 5.02 Å². The Morgan fingerprint density at radius 3 is 2.70 bits per heavy atom. The van der Waals surface area contributed by atoms with Crippen LogP contribution in [0.5, 0.6) is 0 Å². The van der Waals surface area contributed by atoms with Gasteiger partial charge in [0.2, 0.25) is 5.95 Å². The Kier molecular flexibility index (Phi) is 7.54. The fraction of sp³-hybridized carbons (Fsp3) is 0.417. The van der Waals surface area contributed by atoms with E-state index in [4.69, 9.17) is 11.6 Å². The van der Waals surface area contributed by atoms with Gasteiger partial charge in [-0.2, -0.15) is 5.10 Å². The van der Waals surface area contributed by atoms with Crippen LogP contribution < -0.4 is 4.90 Å². The number of anilines is 1. The molecule has 1 amide bonds. The van der Waals surface area contributed by atoms with E-state index < -0.39 is 0 Å². The number of benzene rings is 1. The smallest absolute Gasteiger partial charge is 0.273 e. The van der Waals surface area contributed by atoms with Crippen LogP contribution in [-0.4, -0.2) is 57.7 Å². The highest BCUT2D eigenvalue weighted by Crippen LogP contribution is 2.21. The Morgan fingerprint density at radius 1 is 1.18 bits per heavy atom. The van der Waals surface area contributed by atoms with Crippen molar-refractivity contribution in [2.24, 2.45) is 0 Å². The van der Waals surface area contributed by atoms with E-state index in [1.54, 1.807) is 24.1 Å². The predicted molar refractivity (Wildman–Crippen MR) is 127 cm³/mol. The summed E-state index contributed by atoms with van der Waals surface area (Å²) in [5, 5.41) is 7.65. The molecule has 0 bridgehead atoms. The zero-order valence-corrected chi connectivity index (χ0v) is 19.5. The normalized spacial score (nSPS) is 13.5. The molecule has 0 unspecified atom stereocenters. The Bertz CT molecular complexity index is 1080. The minimum absolute atomic E-state index is 0.180. The van der Waals surface area contributed by atoms with Gasteiger partial charge in [-0.15, -0.1) is 0 Å². The monoisotopic (exact) mass is 470 g/mol. The highest BCUT2D eigenvalue weighted by atomic mass is 35.5. The maximum atomic E-state index is 13.1. The van der Waals surface area contributed by atoms with Crippen LogP contribution in [0, 0.1) is 5.82 Å². The molecular formula is C24H28ClFN6O. The number of aromatic nitrogens is 4. The number of unbranched alkanes of at least 4 members (excludes halogenated alkanes) is 2. The largest absolute Gasteiger partial charge is 0.341 e. The molecule has 0 atom stereocenters. The molecule has 1 aliphatic heterocycles. The number of aryl methyl sites for hydroxylation is 1. The molecule has 33 heavy (non-hydrogen) atoms. The summed E-state index contributed by atoms with van der Waals surface area (Å²) >= 11 is 6.23. The van der Waals surface area contributed by atoms with Crippen LogP contribution >= 0.6 is 11.6 Å². The molecule has 0 spiro atoms. The van der Waals surface area contributed by atoms with E-state index in [2.05, 4.69) is 25.1 Å². The first kappa shape index (κ1) is 23.2. The summed E-state index contributed by atoms with van der Waals surface area (Å²) in [5.41, 5.74) is 3.00. The molecule has 174 valence electrons. The number of amides is 1. The predicted octanol–water partition coefficient (Wildman–Crippen LogP) is 4.74. The number of carbonyl (C=O) groups is 1. The summed E-state index contributed by atoms with van der Waals surface area (Å²) in [5.74, 6) is 0.139. The average Bonchev–Trinajstić information content (AvgIpc) is 3.52. The Labute approximate surface area is 198 Å². The average molecular weight is 471 g/mol. The lowest BCUT2D eigenvalue weighted by Gasteiger charge is -2.19. The molecule has 9 heteroatoms. The molecule has 3 heterocycles. The van der Waals surface area contributed by atoms with Gasteiger partial charge in [0.25, 0.3) is 5.91 Å². The number of hydrogen-bond acceptors (Lipinski definition) is 5. The van der Waals surface area contributed by atoms with Crippen LogP contribution in [0.15, 0.2) is 36.5 Å². The van der Waals surface area contributed by atoms with Crippen molar-refractivity contribution < 1.29 is 9.18 Å². The summed E-state index contributed by atoms with van der Waals surface area (Å²) < 4.78 is 13.1. The van der Waals surface area contributed by atoms with Gasteiger partial charge in [-0.25, -0.2) is 14.4 Å². The first-order chi connectivity index (χ1) is 16.0. The minimum atomic E-state index is -0.257. The molecule has 1 aliphatic rings. The first-order valence-corrected chi connectivity index (χ1v) is 11.7. The summed E-state index contributed by atoms with van der Waals surface area (Å²) in [4.78, 5) is 25.4. The molecule has 2 aromatic heterocycles. The van der Waals surface area contributed by atoms with Gasteiger partial charge in [-0.3, -0.25) is 9.89 Å². The van der Waals surface area contributed by atoms with E-state index in [0.717, 1.165) is 68.6 Å². The molecule has 1 aromatic carbocycles. The number of hydrogen-bond donors (Lipinski definition) is 1. The maximum absolute atomic E-state index is 13.1. The van der Waals surface area contributed by atoms with E-state index in [1.165, 1.54) is 18.3 Å². The van der Waals surface area contributed by atoms with E-state index in [1.807, 2.05) is 6.07 Å². The lowest BCUT2D eigenvalue weighted by Crippen LogP contribution is -2.30. The number of nitrogens with zero attached hydrogens (tertiary/aromatic N) is 5. The van der Waals surface area contributed by atoms with Crippen molar-refractivity contribution in [3.05, 3.63) is 58.8 Å². The fourth-order valence-electron chi connectivity index (χ4n) is 3.96. The van der Waals surface area contributed by atoms with E-state index in [-0.39, 0.29) is 22.4 Å². The number of halogens is 2. The Morgan fingerprint density at radius 2 is 1.94 bits per heavy atom. The summed E-state index contributed by atoms with van der Waals surface area (Å²) in [6.45, 7) is 2.45. The number of rotatable bonds is 9. The summed E-state index contributed by atoms with van der Waals surface area (Å²) in [7, 11) is 1.78. The van der Waals surface area contributed by atoms with Crippen molar-refractivity contribution in [3.8, 4) is 11.3 Å². The molecule has 4 rings (SSSR count). The van der Waals surface area contributed by atoms with Gasteiger partial charge >= 0.3 is 0 Å². The van der Waals surface area contributed by atoms with Gasteiger partial charge in [-0.05, 0) is 62.4 Å². The SMILES string of the molecule is CN(CCCCCc1cc(-c2ccc(F)cc2)n[nH]1)C(=O)c1nc(N2CCCC2)ncc1Cl. The molecular weight excluding hydrogens is 443 g/mol. The van der Waals surface area contributed by atoms with Crippen molar-refractivity contribution in [2.45, 2.75) is 38.5 Å². The molecule has 0 radical (unpaired) electrons. The van der Waals surface area contributed by atoms with Gasteiger partial charge in [0.05, 0.1) is 16.9 Å². The molecule has 3 aromatic rings. The number of carbonyl (C=O) groups excluding carboxylic acids is 1. The molecule has 0 saturated carbocycles. The second kappa shape index (κ2) is 10.7. The lowest BCUT2D eigenvalue weighted by atomic mass is 10.1.